The minimum Gasteiger partial charge on any atom is -0.480 e. The Labute approximate surface area is 406 Å². The molecule has 4 bridgehead atoms. The molecule has 1 amide bonds. The van der Waals surface area contributed by atoms with Crippen LogP contribution >= 0.6 is 0 Å². The molecule has 7 rings (SSSR count). The van der Waals surface area contributed by atoms with E-state index in [-0.39, 0.29) is 62.1 Å². The van der Waals surface area contributed by atoms with Gasteiger partial charge in [-0.15, -0.1) is 0 Å². The van der Waals surface area contributed by atoms with Crippen LogP contribution in [0, 0.1) is 6.92 Å². The van der Waals surface area contributed by atoms with Crippen molar-refractivity contribution in [2.75, 3.05) is 98.2 Å². The van der Waals surface area contributed by atoms with Crippen LogP contribution in [0.2, 0.25) is 0 Å². The van der Waals surface area contributed by atoms with Crippen molar-refractivity contribution in [1.82, 2.24) is 29.8 Å². The summed E-state index contributed by atoms with van der Waals surface area (Å²) in [6.07, 6.45) is 1.19. The fraction of sp³-hybridized carbons (Fsp3) is 0.490. The second-order valence-corrected chi connectivity index (χ2v) is 20.5. The number of nitrogens with one attached hydrogen (secondary N) is 1. The molecular formula is C49H60F3GaN6O10. The number of carbonyl (C=O) groups is 5. The van der Waals surface area contributed by atoms with E-state index in [9.17, 15) is 42.3 Å². The third kappa shape index (κ3) is 15.1. The monoisotopic (exact) mass is 1020 g/mol. The number of carbonyl (C=O) groups excluding carboxylic acids is 4. The van der Waals surface area contributed by atoms with Gasteiger partial charge in [-0.05, 0) is 72.7 Å². The van der Waals surface area contributed by atoms with Gasteiger partial charge in [0, 0.05) is 12.1 Å². The van der Waals surface area contributed by atoms with E-state index in [2.05, 4.69) is 5.32 Å². The molecule has 370 valence electrons. The number of fused-ring (bicyclic) bond motifs is 7. The van der Waals surface area contributed by atoms with Crippen LogP contribution in [0.5, 0.6) is 5.75 Å². The van der Waals surface area contributed by atoms with Crippen LogP contribution in [0.1, 0.15) is 59.9 Å². The molecule has 20 heteroatoms. The van der Waals surface area contributed by atoms with Crippen LogP contribution in [0.25, 0.3) is 23.3 Å². The third-order valence-electron chi connectivity index (χ3n) is 12.9. The maximum atomic E-state index is 14.9. The number of benzene rings is 3. The van der Waals surface area contributed by atoms with E-state index in [1.807, 2.05) is 75.1 Å². The predicted octanol–water partition coefficient (Wildman–Crippen LogP) is 4.43. The van der Waals surface area contributed by atoms with Crippen molar-refractivity contribution in [2.45, 2.75) is 57.8 Å². The molecule has 4 saturated heterocycles. The van der Waals surface area contributed by atoms with Crippen LogP contribution in [-0.2, 0) is 47.3 Å². The minimum absolute atomic E-state index is 0.0228. The number of likely N-dealkylation sites (tertiary alicyclic amines) is 1. The topological polar surface area (TPSA) is 171 Å². The zero-order valence-corrected chi connectivity index (χ0v) is 41.3. The second-order valence-electron chi connectivity index (χ2n) is 17.9. The minimum atomic E-state index is -4.71. The molecule has 3 atom stereocenters. The van der Waals surface area contributed by atoms with E-state index in [1.165, 1.54) is 12.1 Å². The Morgan fingerprint density at radius 3 is 2.00 bits per heavy atom. The average Bonchev–Trinajstić information content (AvgIpc) is 3.34. The smallest absolute Gasteiger partial charge is 0.417 e. The number of hydrogen-bond acceptors (Lipinski definition) is 14. The molecule has 4 fully saturated rings. The van der Waals surface area contributed by atoms with Gasteiger partial charge in [0.15, 0.2) is 0 Å². The Hall–Kier alpha value is -5.22. The molecule has 0 saturated carbocycles. The molecule has 3 aromatic carbocycles. The summed E-state index contributed by atoms with van der Waals surface area (Å²) < 4.78 is 67.0. The molecule has 4 aliphatic heterocycles. The van der Waals surface area contributed by atoms with Crippen molar-refractivity contribution in [3.05, 3.63) is 88.5 Å². The van der Waals surface area contributed by atoms with E-state index >= 15 is 0 Å². The number of rotatable bonds is 14. The summed E-state index contributed by atoms with van der Waals surface area (Å²) >= 11 is -3.99. The first-order valence-electron chi connectivity index (χ1n) is 23.6. The number of unbranched alkanes of at least 4 members (excludes halogenated alkanes) is 1. The predicted molar refractivity (Wildman–Crippen MR) is 250 cm³/mol. The molecule has 2 unspecified atom stereocenters. The van der Waals surface area contributed by atoms with Crippen LogP contribution < -0.4 is 10.1 Å². The molecule has 16 nitrogen and oxygen atoms in total. The summed E-state index contributed by atoms with van der Waals surface area (Å²) in [5.41, 5.74) is 2.92. The number of halogens is 3. The van der Waals surface area contributed by atoms with Gasteiger partial charge in [-0.1, -0.05) is 67.1 Å². The molecule has 0 radical (unpaired) electrons. The fourth-order valence-electron chi connectivity index (χ4n) is 9.07. The number of ether oxygens (including phenoxy) is 1. The number of amides is 1. The number of aliphatic carboxylic acids is 1. The van der Waals surface area contributed by atoms with Gasteiger partial charge in [-0.25, -0.2) is 0 Å². The van der Waals surface area contributed by atoms with Gasteiger partial charge >= 0.3 is 199 Å². The van der Waals surface area contributed by atoms with Crippen molar-refractivity contribution >= 4 is 59.2 Å². The summed E-state index contributed by atoms with van der Waals surface area (Å²) in [6.45, 7) is 6.16. The SMILES string of the molecule is Cc1c(/C=C/c2cc(OCCCCNC(=O)CN3CCN4CCN5CCN(CC3)CC(=O)[O][Ga]([O]C(=O)C4)[O]C(=O)C5)c(CN3CCCC[C@H]3C(=O)O)cc2C(F)(F)F)cccc1-c1ccccc1. The van der Waals surface area contributed by atoms with E-state index in [1.54, 1.807) is 11.0 Å². The van der Waals surface area contributed by atoms with E-state index in [0.717, 1.165) is 34.7 Å². The van der Waals surface area contributed by atoms with Crippen LogP contribution in [0.3, 0.4) is 0 Å². The summed E-state index contributed by atoms with van der Waals surface area (Å²) in [7, 11) is 0. The number of hydrogen-bond donors (Lipinski definition) is 2. The largest absolute Gasteiger partial charge is 0.480 e. The zero-order valence-electron chi connectivity index (χ0n) is 38.9. The van der Waals surface area contributed by atoms with E-state index in [0.29, 0.717) is 91.1 Å². The van der Waals surface area contributed by atoms with Gasteiger partial charge in [0.2, 0.25) is 0 Å². The second kappa shape index (κ2) is 24.6. The molecule has 69 heavy (non-hydrogen) atoms. The van der Waals surface area contributed by atoms with Gasteiger partial charge in [0.05, 0.1) is 12.2 Å². The van der Waals surface area contributed by atoms with Crippen LogP contribution in [0.15, 0.2) is 60.7 Å². The van der Waals surface area contributed by atoms with Crippen molar-refractivity contribution in [3.63, 3.8) is 0 Å². The zero-order chi connectivity index (χ0) is 48.9. The Bertz CT molecular complexity index is 2290. The third-order valence-corrected chi connectivity index (χ3v) is 15.8. The first-order chi connectivity index (χ1) is 33.2. The number of piperidine rings is 1. The van der Waals surface area contributed by atoms with Crippen molar-refractivity contribution in [3.8, 4) is 16.9 Å². The van der Waals surface area contributed by atoms with Crippen molar-refractivity contribution < 1.29 is 57.6 Å². The molecule has 4 aliphatic rings. The molecule has 3 aromatic rings. The van der Waals surface area contributed by atoms with E-state index in [4.69, 9.17) is 15.3 Å². The Morgan fingerprint density at radius 2 is 1.39 bits per heavy atom. The molecule has 4 heterocycles. The maximum absolute atomic E-state index is 14.9. The van der Waals surface area contributed by atoms with Crippen molar-refractivity contribution in [2.24, 2.45) is 0 Å². The normalized spacial score (nSPS) is 22.4. The molecular weight excluding hydrogens is 959 g/mol. The first kappa shape index (κ1) is 51.6. The number of alkyl halides is 3. The van der Waals surface area contributed by atoms with Gasteiger partial charge in [0.1, 0.15) is 11.8 Å². The standard InChI is InChI=1S/C49H63F3N6O10.Ga/c1-35-36(12-9-13-40(35)37-10-3-2-4-11-37)15-16-38-29-43(39(28-41(38)49(50,51)52)30-58-18-7-5-14-42(58)48(66)67)68-27-8-6-17-53-44(59)31-54-19-21-55(32-45(60)61)23-25-57(34-47(64)65)26-24-56(22-20-54)33-46(62)63;/h2-4,9-13,15-16,28-29,42H,5-8,14,17-27,30-34H2,1H3,(H,53,59)(H,60,61)(H,62,63)(H,64,65)(H,66,67);/q;+3/p-3/b16-15+;/t42-;/m0./s1. The van der Waals surface area contributed by atoms with Crippen LogP contribution in [0.4, 0.5) is 13.2 Å². The van der Waals surface area contributed by atoms with E-state index < -0.39 is 59.0 Å². The summed E-state index contributed by atoms with van der Waals surface area (Å²) in [6, 6.07) is 17.1. The maximum Gasteiger partial charge on any atom is 0.417 e. The molecule has 0 aliphatic carbocycles. The average molecular weight is 1020 g/mol. The summed E-state index contributed by atoms with van der Waals surface area (Å²) in [4.78, 5) is 73.4. The molecule has 0 spiro atoms. The summed E-state index contributed by atoms with van der Waals surface area (Å²) in [5.74, 6) is -2.91. The van der Waals surface area contributed by atoms with Gasteiger partial charge in [-0.3, -0.25) is 9.69 Å². The summed E-state index contributed by atoms with van der Waals surface area (Å²) in [5, 5.41) is 12.9. The molecule has 2 N–H and O–H groups in total. The van der Waals surface area contributed by atoms with Crippen LogP contribution in [-0.4, -0.2) is 181 Å². The van der Waals surface area contributed by atoms with Gasteiger partial charge in [-0.2, -0.15) is 13.2 Å². The van der Waals surface area contributed by atoms with Gasteiger partial charge in [0.25, 0.3) is 0 Å². The number of carboxylic acid groups (broad SMARTS) is 1. The van der Waals surface area contributed by atoms with Crippen molar-refractivity contribution in [1.29, 1.82) is 0 Å². The fourth-order valence-corrected chi connectivity index (χ4v) is 11.2. The first-order valence-corrected chi connectivity index (χ1v) is 26.6. The number of carboxylic acids is 1. The Morgan fingerprint density at radius 1 is 0.783 bits per heavy atom. The molecule has 0 aromatic heterocycles. The Balaban J connectivity index is 1.00. The quantitative estimate of drug-likeness (QED) is 0.132. The van der Waals surface area contributed by atoms with Gasteiger partial charge < -0.3 is 9.84 Å². The Kier molecular flexibility index (Phi) is 18.4. The number of nitrogens with zero attached hydrogens (tertiary/aromatic N) is 5.